The van der Waals surface area contributed by atoms with Crippen molar-refractivity contribution in [3.8, 4) is 0 Å². The maximum atomic E-state index is 12.3. The van der Waals surface area contributed by atoms with Crippen LogP contribution in [0.5, 0.6) is 0 Å². The first-order valence-corrected chi connectivity index (χ1v) is 8.66. The molecule has 120 valence electrons. The van der Waals surface area contributed by atoms with Crippen LogP contribution >= 0.6 is 11.8 Å². The van der Waals surface area contributed by atoms with Gasteiger partial charge in [0.2, 0.25) is 0 Å². The molecule has 0 aliphatic rings. The van der Waals surface area contributed by atoms with Gasteiger partial charge in [0, 0.05) is 17.5 Å². The SMILES string of the molecule is Cc1ccc2nc(SCc3cc(=O)n4c(C)cccc4n3)[nH]c2c1. The van der Waals surface area contributed by atoms with Crippen LogP contribution in [0.4, 0.5) is 0 Å². The van der Waals surface area contributed by atoms with Gasteiger partial charge in [-0.15, -0.1) is 0 Å². The molecule has 0 bridgehead atoms. The van der Waals surface area contributed by atoms with E-state index in [0.717, 1.165) is 27.6 Å². The van der Waals surface area contributed by atoms with Gasteiger partial charge in [-0.1, -0.05) is 23.9 Å². The largest absolute Gasteiger partial charge is 0.333 e. The summed E-state index contributed by atoms with van der Waals surface area (Å²) in [6.07, 6.45) is 0. The lowest BCUT2D eigenvalue weighted by molar-refractivity contribution is 0.967. The van der Waals surface area contributed by atoms with Gasteiger partial charge in [-0.05, 0) is 43.7 Å². The Balaban J connectivity index is 1.63. The maximum absolute atomic E-state index is 12.3. The lowest BCUT2D eigenvalue weighted by atomic mass is 10.2. The minimum Gasteiger partial charge on any atom is -0.333 e. The van der Waals surface area contributed by atoms with E-state index in [2.05, 4.69) is 27.9 Å². The third-order valence-corrected chi connectivity index (χ3v) is 4.81. The molecule has 0 unspecified atom stereocenters. The van der Waals surface area contributed by atoms with Crippen molar-refractivity contribution < 1.29 is 0 Å². The van der Waals surface area contributed by atoms with Crippen molar-refractivity contribution in [1.82, 2.24) is 19.4 Å². The molecule has 0 fully saturated rings. The molecule has 0 aliphatic heterocycles. The topological polar surface area (TPSA) is 63.1 Å². The van der Waals surface area contributed by atoms with Gasteiger partial charge in [-0.25, -0.2) is 9.97 Å². The van der Waals surface area contributed by atoms with E-state index in [0.29, 0.717) is 11.4 Å². The Labute approximate surface area is 142 Å². The van der Waals surface area contributed by atoms with Crippen LogP contribution in [0.25, 0.3) is 16.7 Å². The molecule has 0 amide bonds. The van der Waals surface area contributed by atoms with Gasteiger partial charge in [-0.2, -0.15) is 0 Å². The highest BCUT2D eigenvalue weighted by Gasteiger charge is 2.07. The summed E-state index contributed by atoms with van der Waals surface area (Å²) in [4.78, 5) is 24.8. The van der Waals surface area contributed by atoms with E-state index < -0.39 is 0 Å². The average molecular weight is 336 g/mol. The summed E-state index contributed by atoms with van der Waals surface area (Å²) in [6, 6.07) is 13.4. The molecule has 3 aromatic heterocycles. The van der Waals surface area contributed by atoms with E-state index in [-0.39, 0.29) is 5.56 Å². The Hall–Kier alpha value is -2.60. The Morgan fingerprint density at radius 2 is 2.00 bits per heavy atom. The molecule has 4 aromatic rings. The lowest BCUT2D eigenvalue weighted by Crippen LogP contribution is -2.17. The van der Waals surface area contributed by atoms with E-state index in [1.807, 2.05) is 37.3 Å². The number of aromatic amines is 1. The van der Waals surface area contributed by atoms with Crippen molar-refractivity contribution in [2.45, 2.75) is 24.8 Å². The van der Waals surface area contributed by atoms with Crippen LogP contribution in [-0.4, -0.2) is 19.4 Å². The van der Waals surface area contributed by atoms with Gasteiger partial charge < -0.3 is 4.98 Å². The van der Waals surface area contributed by atoms with Gasteiger partial charge in [0.25, 0.3) is 5.56 Å². The molecule has 5 nitrogen and oxygen atoms in total. The van der Waals surface area contributed by atoms with Crippen LogP contribution in [0.1, 0.15) is 17.0 Å². The second kappa shape index (κ2) is 5.79. The minimum atomic E-state index is -0.0473. The van der Waals surface area contributed by atoms with E-state index in [1.54, 1.807) is 22.2 Å². The van der Waals surface area contributed by atoms with Crippen LogP contribution < -0.4 is 5.56 Å². The molecule has 24 heavy (non-hydrogen) atoms. The monoisotopic (exact) mass is 336 g/mol. The first-order valence-electron chi connectivity index (χ1n) is 7.68. The van der Waals surface area contributed by atoms with Crippen molar-refractivity contribution >= 4 is 28.4 Å². The number of hydrogen-bond donors (Lipinski definition) is 1. The third kappa shape index (κ3) is 2.69. The summed E-state index contributed by atoms with van der Waals surface area (Å²) >= 11 is 1.55. The molecule has 3 heterocycles. The van der Waals surface area contributed by atoms with Gasteiger partial charge in [0.1, 0.15) is 5.65 Å². The average Bonchev–Trinajstić information content (AvgIpc) is 2.94. The molecule has 0 saturated heterocycles. The number of benzene rings is 1. The van der Waals surface area contributed by atoms with Crippen LogP contribution in [0.15, 0.2) is 52.4 Å². The van der Waals surface area contributed by atoms with E-state index in [4.69, 9.17) is 0 Å². The van der Waals surface area contributed by atoms with Gasteiger partial charge in [0.05, 0.1) is 16.7 Å². The van der Waals surface area contributed by atoms with Gasteiger partial charge in [-0.3, -0.25) is 9.20 Å². The Morgan fingerprint density at radius 1 is 1.12 bits per heavy atom. The third-order valence-electron chi connectivity index (χ3n) is 3.91. The predicted octanol–water partition coefficient (Wildman–Crippen LogP) is 3.48. The van der Waals surface area contributed by atoms with E-state index in [1.165, 1.54) is 5.56 Å². The van der Waals surface area contributed by atoms with Crippen LogP contribution in [0, 0.1) is 13.8 Å². The molecule has 0 saturated carbocycles. The van der Waals surface area contributed by atoms with Crippen molar-refractivity contribution in [2.75, 3.05) is 0 Å². The zero-order valence-electron chi connectivity index (χ0n) is 13.4. The number of H-pyrrole nitrogens is 1. The first kappa shape index (κ1) is 15.0. The second-order valence-electron chi connectivity index (χ2n) is 5.80. The van der Waals surface area contributed by atoms with Crippen molar-refractivity contribution in [3.63, 3.8) is 0 Å². The number of nitrogens with one attached hydrogen (secondary N) is 1. The zero-order chi connectivity index (χ0) is 16.7. The second-order valence-corrected chi connectivity index (χ2v) is 6.76. The number of thioether (sulfide) groups is 1. The standard InChI is InChI=1S/C18H16N4OS/c1-11-6-7-14-15(8-11)21-18(20-14)24-10-13-9-17(23)22-12(2)4-3-5-16(22)19-13/h3-9H,10H2,1-2H3,(H,20,21). The minimum absolute atomic E-state index is 0.0473. The molecule has 0 spiro atoms. The molecule has 4 rings (SSSR count). The number of imidazole rings is 1. The predicted molar refractivity (Wildman–Crippen MR) is 96.6 cm³/mol. The fraction of sp³-hybridized carbons (Fsp3) is 0.167. The number of nitrogens with zero attached hydrogens (tertiary/aromatic N) is 3. The Kier molecular flexibility index (Phi) is 3.61. The number of pyridine rings is 1. The van der Waals surface area contributed by atoms with Crippen molar-refractivity contribution in [3.05, 3.63) is 69.8 Å². The molecule has 6 heteroatoms. The highest BCUT2D eigenvalue weighted by Crippen LogP contribution is 2.23. The normalized spacial score (nSPS) is 11.4. The zero-order valence-corrected chi connectivity index (χ0v) is 14.2. The Bertz CT molecular complexity index is 1110. The molecular formula is C18H16N4OS. The number of hydrogen-bond acceptors (Lipinski definition) is 4. The number of fused-ring (bicyclic) bond motifs is 2. The molecule has 0 radical (unpaired) electrons. The van der Waals surface area contributed by atoms with Crippen LogP contribution in [0.3, 0.4) is 0 Å². The summed E-state index contributed by atoms with van der Waals surface area (Å²) in [5.74, 6) is 0.596. The van der Waals surface area contributed by atoms with Crippen molar-refractivity contribution in [1.29, 1.82) is 0 Å². The van der Waals surface area contributed by atoms with Crippen LogP contribution in [0.2, 0.25) is 0 Å². The number of rotatable bonds is 3. The quantitative estimate of drug-likeness (QED) is 0.582. The molecule has 1 N–H and O–H groups in total. The Morgan fingerprint density at radius 3 is 2.88 bits per heavy atom. The summed E-state index contributed by atoms with van der Waals surface area (Å²) in [7, 11) is 0. The summed E-state index contributed by atoms with van der Waals surface area (Å²) in [5.41, 5.74) is 5.45. The fourth-order valence-electron chi connectivity index (χ4n) is 2.75. The van der Waals surface area contributed by atoms with Crippen molar-refractivity contribution in [2.24, 2.45) is 0 Å². The van der Waals surface area contributed by atoms with Crippen LogP contribution in [-0.2, 0) is 5.75 Å². The first-order chi connectivity index (χ1) is 11.6. The van der Waals surface area contributed by atoms with E-state index >= 15 is 0 Å². The van der Waals surface area contributed by atoms with E-state index in [9.17, 15) is 4.79 Å². The van der Waals surface area contributed by atoms with Gasteiger partial charge >= 0.3 is 0 Å². The molecule has 0 atom stereocenters. The molecule has 1 aromatic carbocycles. The number of aromatic nitrogens is 4. The lowest BCUT2D eigenvalue weighted by Gasteiger charge is -2.05. The maximum Gasteiger partial charge on any atom is 0.258 e. The fourth-order valence-corrected chi connectivity index (χ4v) is 3.53. The summed E-state index contributed by atoms with van der Waals surface area (Å²) in [6.45, 7) is 3.96. The molecule has 0 aliphatic carbocycles. The highest BCUT2D eigenvalue weighted by molar-refractivity contribution is 7.98. The van der Waals surface area contributed by atoms with Gasteiger partial charge in [0.15, 0.2) is 5.16 Å². The highest BCUT2D eigenvalue weighted by atomic mass is 32.2. The summed E-state index contributed by atoms with van der Waals surface area (Å²) in [5, 5.41) is 0.835. The molecular weight excluding hydrogens is 320 g/mol. The smallest absolute Gasteiger partial charge is 0.258 e. The number of aryl methyl sites for hydroxylation is 2. The summed E-state index contributed by atoms with van der Waals surface area (Å²) < 4.78 is 1.62.